The first-order valence-corrected chi connectivity index (χ1v) is 14.7. The summed E-state index contributed by atoms with van der Waals surface area (Å²) >= 11 is 0. The Kier molecular flexibility index (Phi) is 6.59. The molecule has 208 valence electrons. The first kappa shape index (κ1) is 26.2. The maximum Gasteiger partial charge on any atom is 0.331 e. The molecule has 0 aromatic rings. The molecule has 0 aromatic heterocycles. The Balaban J connectivity index is 1.15. The number of aliphatic hydroxyl groups excluding tert-OH is 1. The van der Waals surface area contributed by atoms with Crippen LogP contribution in [0.2, 0.25) is 0 Å². The Morgan fingerprint density at radius 2 is 1.84 bits per heavy atom. The summed E-state index contributed by atoms with van der Waals surface area (Å²) in [5.74, 6) is 1.45. The second kappa shape index (κ2) is 9.29. The van der Waals surface area contributed by atoms with E-state index in [1.807, 2.05) is 6.92 Å². The fraction of sp³-hybridized carbons (Fsp3) is 0.900. The highest BCUT2D eigenvalue weighted by Gasteiger charge is 2.67. The second-order valence-corrected chi connectivity index (χ2v) is 13.6. The summed E-state index contributed by atoms with van der Waals surface area (Å²) in [6.45, 7) is 7.07. The molecule has 12 atom stereocenters. The Hall–Kier alpha value is -0.990. The van der Waals surface area contributed by atoms with Gasteiger partial charge in [0.15, 0.2) is 6.29 Å². The normalized spacial score (nSPS) is 53.6. The predicted molar refractivity (Wildman–Crippen MR) is 136 cm³/mol. The molecule has 5 unspecified atom stereocenters. The lowest BCUT2D eigenvalue weighted by molar-refractivity contribution is -0.273. The average Bonchev–Trinajstić information content (AvgIpc) is 3.41. The van der Waals surface area contributed by atoms with E-state index >= 15 is 0 Å². The minimum absolute atomic E-state index is 0.166. The quantitative estimate of drug-likeness (QED) is 0.427. The van der Waals surface area contributed by atoms with Gasteiger partial charge < -0.3 is 29.2 Å². The van der Waals surface area contributed by atoms with Crippen molar-refractivity contribution in [3.8, 4) is 0 Å². The summed E-state index contributed by atoms with van der Waals surface area (Å²) in [7, 11) is 1.64. The van der Waals surface area contributed by atoms with E-state index < -0.39 is 11.7 Å². The molecule has 4 saturated carbocycles. The van der Waals surface area contributed by atoms with Crippen LogP contribution in [0.15, 0.2) is 11.6 Å². The van der Waals surface area contributed by atoms with Crippen molar-refractivity contribution in [3.05, 3.63) is 11.6 Å². The lowest BCUT2D eigenvalue weighted by Crippen LogP contribution is -2.62. The van der Waals surface area contributed by atoms with Crippen LogP contribution in [0.4, 0.5) is 0 Å². The smallest absolute Gasteiger partial charge is 0.331 e. The third-order valence-corrected chi connectivity index (χ3v) is 12.2. The van der Waals surface area contributed by atoms with E-state index in [1.54, 1.807) is 13.2 Å². The lowest BCUT2D eigenvalue weighted by Gasteiger charge is -2.64. The van der Waals surface area contributed by atoms with Crippen molar-refractivity contribution in [2.75, 3.05) is 13.7 Å². The highest BCUT2D eigenvalue weighted by molar-refractivity contribution is 5.85. The number of ether oxygens (including phenoxy) is 4. The van der Waals surface area contributed by atoms with Gasteiger partial charge in [0.2, 0.25) is 0 Å². The van der Waals surface area contributed by atoms with Gasteiger partial charge in [0.25, 0.3) is 0 Å². The van der Waals surface area contributed by atoms with Gasteiger partial charge in [0.05, 0.1) is 23.9 Å². The van der Waals surface area contributed by atoms with Gasteiger partial charge in [-0.25, -0.2) is 4.79 Å². The average molecular weight is 519 g/mol. The molecule has 5 fully saturated rings. The van der Waals surface area contributed by atoms with Gasteiger partial charge >= 0.3 is 5.97 Å². The van der Waals surface area contributed by atoms with Crippen molar-refractivity contribution in [1.29, 1.82) is 0 Å². The number of fused-ring (bicyclic) bond motifs is 5. The van der Waals surface area contributed by atoms with Crippen molar-refractivity contribution in [1.82, 2.24) is 0 Å². The summed E-state index contributed by atoms with van der Waals surface area (Å²) in [5, 5.41) is 22.7. The Labute approximate surface area is 221 Å². The van der Waals surface area contributed by atoms with Gasteiger partial charge in [-0.3, -0.25) is 0 Å². The highest BCUT2D eigenvalue weighted by atomic mass is 16.7. The largest absolute Gasteiger partial charge is 0.458 e. The molecule has 0 bridgehead atoms. The van der Waals surface area contributed by atoms with Gasteiger partial charge in [-0.1, -0.05) is 13.8 Å². The maximum absolute atomic E-state index is 12.4. The van der Waals surface area contributed by atoms with Gasteiger partial charge in [0, 0.05) is 25.0 Å². The van der Waals surface area contributed by atoms with Crippen molar-refractivity contribution in [2.45, 2.75) is 121 Å². The van der Waals surface area contributed by atoms with E-state index in [0.717, 1.165) is 63.4 Å². The number of carbonyl (C=O) groups excluding carboxylic acids is 1. The van der Waals surface area contributed by atoms with Crippen molar-refractivity contribution >= 4 is 5.97 Å². The standard InChI is InChI=1S/C30H46O7/c1-17-27(32)24(34-4)15-26(36-17)37-20-7-10-28(2)19(14-20)5-6-23-22(28)8-11-29(3)21(9-12-30(23,29)33)18-13-25(31)35-16-18/h13,17,19-24,26-27,32-33H,5-12,14-16H2,1-4H3/t17-,19-,20+,21?,22?,23?,24-,26+,27+,28?,29?,30+/m1/s1. The molecule has 0 aromatic carbocycles. The summed E-state index contributed by atoms with van der Waals surface area (Å²) in [4.78, 5) is 11.8. The van der Waals surface area contributed by atoms with Crippen molar-refractivity contribution in [2.24, 2.45) is 34.5 Å². The minimum Gasteiger partial charge on any atom is -0.458 e. The maximum atomic E-state index is 12.4. The van der Waals surface area contributed by atoms with E-state index in [9.17, 15) is 15.0 Å². The Morgan fingerprint density at radius 1 is 1.03 bits per heavy atom. The molecule has 2 heterocycles. The number of hydrogen-bond acceptors (Lipinski definition) is 7. The number of cyclic esters (lactones) is 1. The molecule has 0 spiro atoms. The molecular weight excluding hydrogens is 472 g/mol. The molecule has 4 aliphatic carbocycles. The number of carbonyl (C=O) groups is 1. The predicted octanol–water partition coefficient (Wildman–Crippen LogP) is 4.14. The van der Waals surface area contributed by atoms with Gasteiger partial charge in [-0.2, -0.15) is 0 Å². The fourth-order valence-corrected chi connectivity index (χ4v) is 10.0. The topological polar surface area (TPSA) is 94.5 Å². The number of hydrogen-bond donors (Lipinski definition) is 2. The van der Waals surface area contributed by atoms with Gasteiger partial charge in [0.1, 0.15) is 12.7 Å². The first-order valence-electron chi connectivity index (χ1n) is 14.7. The summed E-state index contributed by atoms with van der Waals surface area (Å²) in [5.41, 5.74) is 0.461. The molecule has 2 N–H and O–H groups in total. The molecule has 7 nitrogen and oxygen atoms in total. The molecule has 0 amide bonds. The van der Waals surface area contributed by atoms with Crippen molar-refractivity contribution < 1.29 is 34.0 Å². The molecule has 1 saturated heterocycles. The SMILES string of the molecule is CO[C@@H]1C[C@H](O[C@H]2CCC3(C)C4CCC5(C)C(C6=CC(=O)OC6)CC[C@]5(O)C4CC[C@@H]3C2)O[C@H](C)[C@@H]1O. The molecule has 37 heavy (non-hydrogen) atoms. The zero-order valence-electron chi connectivity index (χ0n) is 23.0. The zero-order chi connectivity index (χ0) is 26.2. The molecular formula is C30H46O7. The van der Waals surface area contributed by atoms with Crippen LogP contribution < -0.4 is 0 Å². The van der Waals surface area contributed by atoms with Crippen LogP contribution >= 0.6 is 0 Å². The van der Waals surface area contributed by atoms with E-state index in [0.29, 0.717) is 30.8 Å². The third-order valence-electron chi connectivity index (χ3n) is 12.2. The molecule has 0 radical (unpaired) electrons. The van der Waals surface area contributed by atoms with E-state index in [2.05, 4.69) is 13.8 Å². The van der Waals surface area contributed by atoms with E-state index in [-0.39, 0.29) is 47.3 Å². The Morgan fingerprint density at radius 3 is 2.57 bits per heavy atom. The highest BCUT2D eigenvalue weighted by Crippen LogP contribution is 2.70. The van der Waals surface area contributed by atoms with E-state index in [4.69, 9.17) is 18.9 Å². The van der Waals surface area contributed by atoms with Gasteiger partial charge in [-0.15, -0.1) is 0 Å². The fourth-order valence-electron chi connectivity index (χ4n) is 10.0. The molecule has 2 aliphatic heterocycles. The molecule has 7 heteroatoms. The monoisotopic (exact) mass is 518 g/mol. The first-order chi connectivity index (χ1) is 17.6. The second-order valence-electron chi connectivity index (χ2n) is 13.6. The third kappa shape index (κ3) is 3.97. The number of aliphatic hydroxyl groups is 2. The van der Waals surface area contributed by atoms with Gasteiger partial charge in [-0.05, 0) is 99.4 Å². The zero-order valence-corrected chi connectivity index (χ0v) is 23.0. The van der Waals surface area contributed by atoms with E-state index in [1.165, 1.54) is 0 Å². The van der Waals surface area contributed by atoms with Crippen LogP contribution in [0.1, 0.15) is 85.0 Å². The van der Waals surface area contributed by atoms with Crippen LogP contribution in [0, 0.1) is 34.5 Å². The molecule has 6 aliphatic rings. The van der Waals surface area contributed by atoms with Crippen LogP contribution in [0.3, 0.4) is 0 Å². The number of rotatable bonds is 4. The van der Waals surface area contributed by atoms with Crippen LogP contribution in [-0.2, 0) is 23.7 Å². The summed E-state index contributed by atoms with van der Waals surface area (Å²) < 4.78 is 23.2. The minimum atomic E-state index is -0.670. The summed E-state index contributed by atoms with van der Waals surface area (Å²) in [6.07, 6.45) is 10.2. The van der Waals surface area contributed by atoms with Crippen LogP contribution in [0.25, 0.3) is 0 Å². The summed E-state index contributed by atoms with van der Waals surface area (Å²) in [6, 6.07) is 0. The van der Waals surface area contributed by atoms with Crippen LogP contribution in [0.5, 0.6) is 0 Å². The Bertz CT molecular complexity index is 935. The molecule has 6 rings (SSSR count). The lowest BCUT2D eigenvalue weighted by atomic mass is 9.43. The van der Waals surface area contributed by atoms with Crippen molar-refractivity contribution in [3.63, 3.8) is 0 Å². The number of methoxy groups -OCH3 is 1. The number of esters is 1. The van der Waals surface area contributed by atoms with Crippen LogP contribution in [-0.4, -0.2) is 66.2 Å².